The van der Waals surface area contributed by atoms with Gasteiger partial charge in [-0.3, -0.25) is 4.79 Å². The van der Waals surface area contributed by atoms with E-state index in [1.807, 2.05) is 6.07 Å². The van der Waals surface area contributed by atoms with Crippen molar-refractivity contribution in [2.45, 2.75) is 12.8 Å². The van der Waals surface area contributed by atoms with Crippen LogP contribution in [0.15, 0.2) is 30.3 Å². The summed E-state index contributed by atoms with van der Waals surface area (Å²) in [5.41, 5.74) is 3.92. The minimum atomic E-state index is -0.570. The third kappa shape index (κ3) is 6.72. The van der Waals surface area contributed by atoms with E-state index in [0.29, 0.717) is 5.56 Å². The van der Waals surface area contributed by atoms with Crippen LogP contribution in [0.25, 0.3) is 11.2 Å². The Morgan fingerprint density at radius 3 is 2.42 bits per heavy atom. The molecule has 1 aromatic rings. The van der Waals surface area contributed by atoms with Gasteiger partial charge >= 0.3 is 25.4 Å². The van der Waals surface area contributed by atoms with Gasteiger partial charge in [-0.1, -0.05) is 24.0 Å². The molecule has 5 nitrogen and oxygen atoms in total. The second-order valence-electron chi connectivity index (χ2n) is 3.38. The van der Waals surface area contributed by atoms with Crippen molar-refractivity contribution in [2.24, 2.45) is 0 Å². The first kappa shape index (κ1) is 17.3. The van der Waals surface area contributed by atoms with Gasteiger partial charge in [0.15, 0.2) is 0 Å². The van der Waals surface area contributed by atoms with E-state index in [2.05, 4.69) is 10.2 Å². The third-order valence-electron chi connectivity index (χ3n) is 2.07. The average molecular weight is 350 g/mol. The zero-order chi connectivity index (χ0) is 13.4. The Morgan fingerprint density at radius 2 is 1.84 bits per heavy atom. The van der Waals surface area contributed by atoms with Crippen LogP contribution < -0.4 is 0 Å². The second-order valence-corrected chi connectivity index (χ2v) is 3.38. The molecule has 1 amide bonds. The van der Waals surface area contributed by atoms with Crippen LogP contribution in [-0.4, -0.2) is 19.0 Å². The molecular weight excluding hydrogens is 337 g/mol. The van der Waals surface area contributed by atoms with Crippen molar-refractivity contribution < 1.29 is 38.6 Å². The summed E-state index contributed by atoms with van der Waals surface area (Å²) in [7, 11) is 1.25. The van der Waals surface area contributed by atoms with Gasteiger partial charge in [-0.05, 0) is 0 Å². The number of esters is 1. The molecule has 0 aliphatic carbocycles. The van der Waals surface area contributed by atoms with Crippen molar-refractivity contribution >= 4 is 17.6 Å². The minimum absolute atomic E-state index is 0. The SMILES string of the molecule is [CH-]=C(O[N-]C(=O)CCC(=O)OC)c1ccccc1.[Rh+2]. The Kier molecular flexibility index (Phi) is 8.46. The summed E-state index contributed by atoms with van der Waals surface area (Å²) in [5.74, 6) is -1.01. The number of carbonyl (C=O) groups is 2. The van der Waals surface area contributed by atoms with Crippen molar-refractivity contribution in [3.8, 4) is 0 Å². The van der Waals surface area contributed by atoms with Crippen molar-refractivity contribution in [1.82, 2.24) is 0 Å². The fourth-order valence-electron chi connectivity index (χ4n) is 1.11. The zero-order valence-corrected chi connectivity index (χ0v) is 11.9. The number of methoxy groups -OCH3 is 1. The van der Waals surface area contributed by atoms with Gasteiger partial charge in [0.25, 0.3) is 0 Å². The number of rotatable bonds is 6. The Morgan fingerprint density at radius 1 is 1.21 bits per heavy atom. The number of nitrogens with zero attached hydrogens (tertiary/aromatic N) is 1. The van der Waals surface area contributed by atoms with Gasteiger partial charge in [0.1, 0.15) is 0 Å². The fraction of sp³-hybridized carbons (Fsp3) is 0.231. The molecule has 0 spiro atoms. The van der Waals surface area contributed by atoms with Crippen LogP contribution in [0.3, 0.4) is 0 Å². The van der Waals surface area contributed by atoms with Gasteiger partial charge in [-0.2, -0.15) is 0 Å². The Bertz CT molecular complexity index is 434. The van der Waals surface area contributed by atoms with Gasteiger partial charge in [0.2, 0.25) is 0 Å². The molecule has 0 aliphatic heterocycles. The van der Waals surface area contributed by atoms with Crippen molar-refractivity contribution in [2.75, 3.05) is 7.11 Å². The normalized spacial score (nSPS) is 8.89. The zero-order valence-electron chi connectivity index (χ0n) is 10.3. The molecule has 0 saturated carbocycles. The largest absolute Gasteiger partial charge is 2.00 e. The number of hydroxylamine groups is 1. The van der Waals surface area contributed by atoms with E-state index in [4.69, 9.17) is 11.4 Å². The molecule has 0 aliphatic rings. The average Bonchev–Trinajstić information content (AvgIpc) is 2.42. The number of hydrogen-bond donors (Lipinski definition) is 0. The Balaban J connectivity index is 0.00000324. The van der Waals surface area contributed by atoms with Crippen molar-refractivity contribution in [3.05, 3.63) is 48.0 Å². The van der Waals surface area contributed by atoms with E-state index < -0.39 is 11.9 Å². The number of amides is 1. The van der Waals surface area contributed by atoms with E-state index in [1.165, 1.54) is 7.11 Å². The van der Waals surface area contributed by atoms with Crippen LogP contribution in [-0.2, 0) is 38.6 Å². The van der Waals surface area contributed by atoms with Gasteiger partial charge < -0.3 is 19.8 Å². The number of ether oxygens (including phenoxy) is 1. The minimum Gasteiger partial charge on any atom is -0.591 e. The molecule has 1 aromatic carbocycles. The van der Waals surface area contributed by atoms with Gasteiger partial charge in [0, 0.05) is 6.42 Å². The van der Waals surface area contributed by atoms with Crippen molar-refractivity contribution in [3.63, 3.8) is 0 Å². The summed E-state index contributed by atoms with van der Waals surface area (Å²) in [6.45, 7) is 5.58. The molecule has 0 atom stereocenters. The predicted molar refractivity (Wildman–Crippen MR) is 64.9 cm³/mol. The number of benzene rings is 1. The second kappa shape index (κ2) is 9.28. The van der Waals surface area contributed by atoms with Crippen LogP contribution in [0.1, 0.15) is 18.4 Å². The molecule has 19 heavy (non-hydrogen) atoms. The molecule has 0 heterocycles. The van der Waals surface area contributed by atoms with Crippen LogP contribution >= 0.6 is 0 Å². The topological polar surface area (TPSA) is 66.7 Å². The Labute approximate surface area is 124 Å². The van der Waals surface area contributed by atoms with Gasteiger partial charge in [-0.15, -0.1) is 17.7 Å². The molecule has 1 rings (SSSR count). The van der Waals surface area contributed by atoms with E-state index in [-0.39, 0.29) is 38.1 Å². The summed E-state index contributed by atoms with van der Waals surface area (Å²) in [6, 6.07) is 8.85. The molecule has 0 fully saturated rings. The monoisotopic (exact) mass is 350 g/mol. The first-order chi connectivity index (χ1) is 8.63. The predicted octanol–water partition coefficient (Wildman–Crippen LogP) is 2.24. The summed E-state index contributed by atoms with van der Waals surface area (Å²) in [6.07, 6.45) is -0.109. The fourth-order valence-corrected chi connectivity index (χ4v) is 1.11. The van der Waals surface area contributed by atoms with Crippen LogP contribution in [0.2, 0.25) is 0 Å². The summed E-state index contributed by atoms with van der Waals surface area (Å²) in [5, 5.41) is 0. The summed E-state index contributed by atoms with van der Waals surface area (Å²) >= 11 is 0. The maximum absolute atomic E-state index is 11.2. The molecule has 6 heteroatoms. The van der Waals surface area contributed by atoms with E-state index >= 15 is 0 Å². The van der Waals surface area contributed by atoms with E-state index in [0.717, 1.165) is 0 Å². The molecule has 0 saturated heterocycles. The Hall–Kier alpha value is -1.68. The summed E-state index contributed by atoms with van der Waals surface area (Å²) < 4.78 is 4.39. The molecule has 0 N–H and O–H groups in total. The third-order valence-corrected chi connectivity index (χ3v) is 2.07. The van der Waals surface area contributed by atoms with E-state index in [1.54, 1.807) is 24.3 Å². The standard InChI is InChI=1S/C13H14NO4.Rh/c1-10(11-6-4-3-5-7-11)18-14-12(15)8-9-13(16)17-2;/h1,3-7H,8-9H2,2H3,(H,14,15);/q-1;+2/p-1. The maximum Gasteiger partial charge on any atom is 2.00 e. The maximum atomic E-state index is 11.2. The summed E-state index contributed by atoms with van der Waals surface area (Å²) in [4.78, 5) is 26.8. The van der Waals surface area contributed by atoms with Crippen molar-refractivity contribution in [1.29, 1.82) is 0 Å². The van der Waals surface area contributed by atoms with Crippen LogP contribution in [0.5, 0.6) is 0 Å². The quantitative estimate of drug-likeness (QED) is 0.260. The van der Waals surface area contributed by atoms with E-state index in [9.17, 15) is 9.59 Å². The van der Waals surface area contributed by atoms with Crippen LogP contribution in [0.4, 0.5) is 0 Å². The smallest absolute Gasteiger partial charge is 0.591 e. The number of hydrogen-bond acceptors (Lipinski definition) is 4. The molecule has 103 valence electrons. The first-order valence-electron chi connectivity index (χ1n) is 5.29. The van der Waals surface area contributed by atoms with Gasteiger partial charge in [0.05, 0.1) is 19.4 Å². The molecule has 0 aromatic heterocycles. The number of carbonyl (C=O) groups excluding carboxylic acids is 2. The molecule has 0 bridgehead atoms. The van der Waals surface area contributed by atoms with Gasteiger partial charge in [-0.25, -0.2) is 6.58 Å². The van der Waals surface area contributed by atoms with Crippen LogP contribution in [0, 0.1) is 6.58 Å². The first-order valence-corrected chi connectivity index (χ1v) is 5.29. The molecular formula is C13H13NO4Rh. The molecule has 1 radical (unpaired) electrons. The molecule has 0 unspecified atom stereocenters.